The van der Waals surface area contributed by atoms with Crippen LogP contribution in [0.3, 0.4) is 0 Å². The third-order valence-corrected chi connectivity index (χ3v) is 4.48. The minimum atomic E-state index is -0.988. The molecule has 0 aliphatic rings. The predicted molar refractivity (Wildman–Crippen MR) is 102 cm³/mol. The van der Waals surface area contributed by atoms with Crippen LogP contribution < -0.4 is 5.32 Å². The Morgan fingerprint density at radius 1 is 1.26 bits per heavy atom. The van der Waals surface area contributed by atoms with Crippen LogP contribution in [0.2, 0.25) is 0 Å². The van der Waals surface area contributed by atoms with Crippen molar-refractivity contribution in [3.05, 3.63) is 47.0 Å². The number of rotatable bonds is 7. The fourth-order valence-electron chi connectivity index (χ4n) is 2.51. The molecule has 0 bridgehead atoms. The lowest BCUT2D eigenvalue weighted by molar-refractivity contribution is -0.153. The summed E-state index contributed by atoms with van der Waals surface area (Å²) in [6.45, 7) is 5.23. The lowest BCUT2D eigenvalue weighted by atomic mass is 10.1. The van der Waals surface area contributed by atoms with Crippen molar-refractivity contribution in [1.29, 1.82) is 0 Å². The van der Waals surface area contributed by atoms with Crippen molar-refractivity contribution in [2.75, 3.05) is 11.6 Å². The first-order chi connectivity index (χ1) is 12.8. The molecule has 0 saturated carbocycles. The van der Waals surface area contributed by atoms with Gasteiger partial charge in [-0.3, -0.25) is 9.59 Å². The first-order valence-corrected chi connectivity index (χ1v) is 9.66. The van der Waals surface area contributed by atoms with Crippen LogP contribution >= 0.6 is 11.8 Å². The standard InChI is InChI=1S/C19H22FN3O3S/c1-11-16(12(2)22-19(21-11)27-4)8-9-17(24)26-13(3)18(25)23-15-7-5-6-14(20)10-15/h5-7,10,13H,8-9H2,1-4H3,(H,23,25)/t13-/m0/s1. The SMILES string of the molecule is CSc1nc(C)c(CCC(=O)O[C@@H](C)C(=O)Nc2cccc(F)c2)c(C)n1. The van der Waals surface area contributed by atoms with Gasteiger partial charge >= 0.3 is 5.97 Å². The van der Waals surface area contributed by atoms with Crippen LogP contribution in [-0.4, -0.2) is 34.2 Å². The first kappa shape index (κ1) is 20.8. The number of esters is 1. The summed E-state index contributed by atoms with van der Waals surface area (Å²) in [6, 6.07) is 5.50. The van der Waals surface area contributed by atoms with E-state index in [2.05, 4.69) is 15.3 Å². The van der Waals surface area contributed by atoms with E-state index in [4.69, 9.17) is 4.74 Å². The molecule has 2 aromatic rings. The van der Waals surface area contributed by atoms with Crippen molar-refractivity contribution in [3.8, 4) is 0 Å². The third kappa shape index (κ3) is 6.02. The average Bonchev–Trinajstić information content (AvgIpc) is 2.60. The average molecular weight is 391 g/mol. The monoisotopic (exact) mass is 391 g/mol. The maximum absolute atomic E-state index is 13.2. The van der Waals surface area contributed by atoms with E-state index in [0.29, 0.717) is 17.3 Å². The molecule has 1 amide bonds. The minimum absolute atomic E-state index is 0.112. The molecule has 0 aliphatic heterocycles. The Morgan fingerprint density at radius 3 is 2.52 bits per heavy atom. The van der Waals surface area contributed by atoms with Crippen LogP contribution in [0.5, 0.6) is 0 Å². The van der Waals surface area contributed by atoms with Gasteiger partial charge < -0.3 is 10.1 Å². The van der Waals surface area contributed by atoms with Gasteiger partial charge in [-0.1, -0.05) is 17.8 Å². The molecule has 1 heterocycles. The van der Waals surface area contributed by atoms with E-state index in [-0.39, 0.29) is 6.42 Å². The van der Waals surface area contributed by atoms with Gasteiger partial charge in [-0.05, 0) is 57.2 Å². The third-order valence-electron chi connectivity index (χ3n) is 3.93. The summed E-state index contributed by atoms with van der Waals surface area (Å²) < 4.78 is 18.3. The topological polar surface area (TPSA) is 81.2 Å². The van der Waals surface area contributed by atoms with E-state index >= 15 is 0 Å². The second-order valence-corrected chi connectivity index (χ2v) is 6.76. The van der Waals surface area contributed by atoms with E-state index in [0.717, 1.165) is 17.0 Å². The second-order valence-electron chi connectivity index (χ2n) is 5.99. The zero-order chi connectivity index (χ0) is 20.0. The molecule has 0 saturated heterocycles. The number of nitrogens with zero attached hydrogens (tertiary/aromatic N) is 2. The fourth-order valence-corrected chi connectivity index (χ4v) is 2.97. The molecule has 27 heavy (non-hydrogen) atoms. The Hall–Kier alpha value is -2.48. The number of nitrogens with one attached hydrogen (secondary N) is 1. The van der Waals surface area contributed by atoms with Gasteiger partial charge in [0.25, 0.3) is 5.91 Å². The molecule has 1 atom stereocenters. The molecular formula is C19H22FN3O3S. The minimum Gasteiger partial charge on any atom is -0.453 e. The Balaban J connectivity index is 1.89. The molecule has 0 spiro atoms. The van der Waals surface area contributed by atoms with Gasteiger partial charge in [0.2, 0.25) is 0 Å². The molecule has 0 radical (unpaired) electrons. The molecule has 0 fully saturated rings. The molecule has 6 nitrogen and oxygen atoms in total. The summed E-state index contributed by atoms with van der Waals surface area (Å²) in [4.78, 5) is 32.9. The fraction of sp³-hybridized carbons (Fsp3) is 0.368. The number of thioether (sulfide) groups is 1. The van der Waals surface area contributed by atoms with Crippen LogP contribution in [0.25, 0.3) is 0 Å². The van der Waals surface area contributed by atoms with E-state index in [1.165, 1.54) is 36.9 Å². The van der Waals surface area contributed by atoms with Crippen LogP contribution in [0.4, 0.5) is 10.1 Å². The summed E-state index contributed by atoms with van der Waals surface area (Å²) in [5.41, 5.74) is 2.87. The normalized spacial score (nSPS) is 11.7. The Morgan fingerprint density at radius 2 is 1.93 bits per heavy atom. The number of hydrogen-bond acceptors (Lipinski definition) is 6. The van der Waals surface area contributed by atoms with Crippen molar-refractivity contribution < 1.29 is 18.7 Å². The number of amides is 1. The van der Waals surface area contributed by atoms with Gasteiger partial charge in [0.05, 0.1) is 0 Å². The lowest BCUT2D eigenvalue weighted by Gasteiger charge is -2.14. The number of anilines is 1. The smallest absolute Gasteiger partial charge is 0.306 e. The summed E-state index contributed by atoms with van der Waals surface area (Å²) in [5.74, 6) is -1.48. The number of hydrogen-bond donors (Lipinski definition) is 1. The highest BCUT2D eigenvalue weighted by molar-refractivity contribution is 7.98. The number of carbonyl (C=O) groups excluding carboxylic acids is 2. The second kappa shape index (κ2) is 9.45. The lowest BCUT2D eigenvalue weighted by Crippen LogP contribution is -2.30. The number of benzene rings is 1. The molecule has 8 heteroatoms. The number of halogens is 1. The van der Waals surface area contributed by atoms with Crippen LogP contribution in [0.1, 0.15) is 30.3 Å². The maximum Gasteiger partial charge on any atom is 0.306 e. The Kier molecular flexibility index (Phi) is 7.29. The molecule has 1 aromatic heterocycles. The van der Waals surface area contributed by atoms with Crippen molar-refractivity contribution in [1.82, 2.24) is 9.97 Å². The largest absolute Gasteiger partial charge is 0.453 e. The summed E-state index contributed by atoms with van der Waals surface area (Å²) in [7, 11) is 0. The molecule has 1 N–H and O–H groups in total. The van der Waals surface area contributed by atoms with E-state index in [1.54, 1.807) is 6.07 Å². The highest BCUT2D eigenvalue weighted by Gasteiger charge is 2.19. The zero-order valence-corrected chi connectivity index (χ0v) is 16.5. The quantitative estimate of drug-likeness (QED) is 0.442. The van der Waals surface area contributed by atoms with Crippen molar-refractivity contribution >= 4 is 29.3 Å². The number of carbonyl (C=O) groups is 2. The van der Waals surface area contributed by atoms with Crippen LogP contribution in [0.15, 0.2) is 29.4 Å². The number of aryl methyl sites for hydroxylation is 2. The Bertz CT molecular complexity index is 822. The van der Waals surface area contributed by atoms with Gasteiger partial charge in [-0.25, -0.2) is 14.4 Å². The van der Waals surface area contributed by atoms with E-state index < -0.39 is 23.8 Å². The van der Waals surface area contributed by atoms with Crippen LogP contribution in [-0.2, 0) is 20.7 Å². The zero-order valence-electron chi connectivity index (χ0n) is 15.7. The highest BCUT2D eigenvalue weighted by Crippen LogP contribution is 2.17. The summed E-state index contributed by atoms with van der Waals surface area (Å²) in [5, 5.41) is 3.21. The van der Waals surface area contributed by atoms with Gasteiger partial charge in [-0.15, -0.1) is 0 Å². The van der Waals surface area contributed by atoms with Gasteiger partial charge in [-0.2, -0.15) is 0 Å². The number of aromatic nitrogens is 2. The molecular weight excluding hydrogens is 369 g/mol. The Labute approximate surface area is 161 Å². The van der Waals surface area contributed by atoms with Gasteiger partial charge in [0, 0.05) is 23.5 Å². The maximum atomic E-state index is 13.2. The van der Waals surface area contributed by atoms with Crippen LogP contribution in [0, 0.1) is 19.7 Å². The van der Waals surface area contributed by atoms with E-state index in [1.807, 2.05) is 20.1 Å². The van der Waals surface area contributed by atoms with Crippen molar-refractivity contribution in [2.45, 2.75) is 44.9 Å². The van der Waals surface area contributed by atoms with E-state index in [9.17, 15) is 14.0 Å². The van der Waals surface area contributed by atoms with Gasteiger partial charge in [0.1, 0.15) is 5.82 Å². The summed E-state index contributed by atoms with van der Waals surface area (Å²) >= 11 is 1.46. The molecule has 2 rings (SSSR count). The molecule has 0 aliphatic carbocycles. The predicted octanol–water partition coefficient (Wildman–Crippen LogP) is 3.46. The summed E-state index contributed by atoms with van der Waals surface area (Å²) in [6.07, 6.45) is 1.46. The molecule has 1 aromatic carbocycles. The first-order valence-electron chi connectivity index (χ1n) is 8.44. The molecule has 144 valence electrons. The van der Waals surface area contributed by atoms with Crippen molar-refractivity contribution in [3.63, 3.8) is 0 Å². The number of ether oxygens (including phenoxy) is 1. The highest BCUT2D eigenvalue weighted by atomic mass is 32.2. The van der Waals surface area contributed by atoms with Crippen molar-refractivity contribution in [2.24, 2.45) is 0 Å². The van der Waals surface area contributed by atoms with Gasteiger partial charge in [0.15, 0.2) is 11.3 Å². The molecule has 0 unspecified atom stereocenters.